The van der Waals surface area contributed by atoms with Gasteiger partial charge in [-0.05, 0) is 28.3 Å². The lowest BCUT2D eigenvalue weighted by Gasteiger charge is -2.09. The molecule has 0 saturated carbocycles. The quantitative estimate of drug-likeness (QED) is 0.886. The van der Waals surface area contributed by atoms with Crippen molar-refractivity contribution in [3.05, 3.63) is 34.1 Å². The molecule has 1 unspecified atom stereocenters. The smallest absolute Gasteiger partial charge is 0.231 e. The molecule has 2 heterocycles. The fraction of sp³-hybridized carbons (Fsp3) is 0.455. The van der Waals surface area contributed by atoms with Gasteiger partial charge in [0.2, 0.25) is 5.89 Å². The monoisotopic (exact) mass is 237 g/mol. The summed E-state index contributed by atoms with van der Waals surface area (Å²) in [6, 6.07) is 1.90. The summed E-state index contributed by atoms with van der Waals surface area (Å²) in [5.74, 6) is 1.54. The molecule has 0 fully saturated rings. The fourth-order valence-corrected chi connectivity index (χ4v) is 2.01. The van der Waals surface area contributed by atoms with Gasteiger partial charge >= 0.3 is 0 Å². The van der Waals surface area contributed by atoms with Gasteiger partial charge in [0.1, 0.15) is 0 Å². The molecule has 16 heavy (non-hydrogen) atoms. The molecule has 0 amide bonds. The molecule has 5 heteroatoms. The Morgan fingerprint density at radius 3 is 2.94 bits per heavy atom. The van der Waals surface area contributed by atoms with Gasteiger partial charge < -0.3 is 10.3 Å². The molecule has 4 nitrogen and oxygen atoms in total. The predicted molar refractivity (Wildman–Crippen MR) is 63.2 cm³/mol. The number of rotatable bonds is 4. The second kappa shape index (κ2) is 4.76. The van der Waals surface area contributed by atoms with Crippen molar-refractivity contribution >= 4 is 11.3 Å². The minimum atomic E-state index is -0.153. The van der Waals surface area contributed by atoms with Crippen LogP contribution in [0.2, 0.25) is 0 Å². The zero-order valence-corrected chi connectivity index (χ0v) is 10.2. The van der Waals surface area contributed by atoms with Crippen LogP contribution in [0.1, 0.15) is 37.2 Å². The molecule has 0 aliphatic heterocycles. The van der Waals surface area contributed by atoms with Crippen LogP contribution in [0.3, 0.4) is 0 Å². The first-order chi connectivity index (χ1) is 7.66. The van der Waals surface area contributed by atoms with Crippen molar-refractivity contribution in [3.63, 3.8) is 0 Å². The highest BCUT2D eigenvalue weighted by atomic mass is 32.1. The summed E-state index contributed by atoms with van der Waals surface area (Å²) in [5.41, 5.74) is 7.13. The Hall–Kier alpha value is -1.20. The maximum Gasteiger partial charge on any atom is 0.231 e. The first kappa shape index (κ1) is 11.3. The van der Waals surface area contributed by atoms with Gasteiger partial charge in [0.25, 0.3) is 0 Å². The van der Waals surface area contributed by atoms with E-state index in [9.17, 15) is 0 Å². The van der Waals surface area contributed by atoms with Crippen LogP contribution in [-0.4, -0.2) is 10.1 Å². The molecular formula is C11H15N3OS. The Bertz CT molecular complexity index is 436. The average Bonchev–Trinajstić information content (AvgIpc) is 2.88. The third-order valence-corrected chi connectivity index (χ3v) is 3.17. The topological polar surface area (TPSA) is 64.9 Å². The number of hydrogen-bond donors (Lipinski definition) is 1. The molecule has 0 aliphatic rings. The van der Waals surface area contributed by atoms with Crippen molar-refractivity contribution in [1.29, 1.82) is 0 Å². The van der Waals surface area contributed by atoms with E-state index >= 15 is 0 Å². The third-order valence-electron chi connectivity index (χ3n) is 2.44. The van der Waals surface area contributed by atoms with Crippen LogP contribution in [0.5, 0.6) is 0 Å². The lowest BCUT2D eigenvalue weighted by molar-refractivity contribution is 0.368. The Morgan fingerprint density at radius 2 is 2.31 bits per heavy atom. The maximum atomic E-state index is 5.94. The van der Waals surface area contributed by atoms with E-state index < -0.39 is 0 Å². The second-order valence-electron chi connectivity index (χ2n) is 4.12. The van der Waals surface area contributed by atoms with E-state index in [1.54, 1.807) is 11.3 Å². The van der Waals surface area contributed by atoms with Crippen molar-refractivity contribution in [2.45, 2.75) is 26.3 Å². The zero-order valence-electron chi connectivity index (χ0n) is 9.38. The second-order valence-corrected chi connectivity index (χ2v) is 4.90. The highest BCUT2D eigenvalue weighted by Gasteiger charge is 2.17. The largest absolute Gasteiger partial charge is 0.339 e. The van der Waals surface area contributed by atoms with Gasteiger partial charge in [0.15, 0.2) is 5.82 Å². The van der Waals surface area contributed by atoms with Gasteiger partial charge in [0, 0.05) is 0 Å². The number of aromatic nitrogens is 2. The Morgan fingerprint density at radius 1 is 1.50 bits per heavy atom. The highest BCUT2D eigenvalue weighted by molar-refractivity contribution is 7.07. The summed E-state index contributed by atoms with van der Waals surface area (Å²) in [6.07, 6.45) is 0.682. The van der Waals surface area contributed by atoms with E-state index in [2.05, 4.69) is 21.6 Å². The number of thiophene rings is 1. The Labute approximate surface area is 98.5 Å². The minimum Gasteiger partial charge on any atom is -0.339 e. The molecule has 2 aromatic rings. The van der Waals surface area contributed by atoms with Crippen molar-refractivity contribution < 1.29 is 4.52 Å². The van der Waals surface area contributed by atoms with Crippen LogP contribution in [-0.2, 0) is 6.42 Å². The summed E-state index contributed by atoms with van der Waals surface area (Å²) < 4.78 is 5.17. The van der Waals surface area contributed by atoms with Crippen LogP contribution in [0, 0.1) is 5.92 Å². The lowest BCUT2D eigenvalue weighted by atomic mass is 10.1. The Balaban J connectivity index is 2.08. The molecule has 86 valence electrons. The number of nitrogens with zero attached hydrogens (tertiary/aromatic N) is 2. The van der Waals surface area contributed by atoms with Gasteiger partial charge in [-0.3, -0.25) is 0 Å². The van der Waals surface area contributed by atoms with Crippen LogP contribution in [0.15, 0.2) is 21.3 Å². The average molecular weight is 237 g/mol. The highest BCUT2D eigenvalue weighted by Crippen LogP contribution is 2.17. The van der Waals surface area contributed by atoms with E-state index in [4.69, 9.17) is 10.3 Å². The maximum absolute atomic E-state index is 5.94. The van der Waals surface area contributed by atoms with Gasteiger partial charge in [-0.15, -0.1) is 0 Å². The summed E-state index contributed by atoms with van der Waals surface area (Å²) in [5, 5.41) is 8.02. The molecule has 2 aromatic heterocycles. The fourth-order valence-electron chi connectivity index (χ4n) is 1.34. The summed E-state index contributed by atoms with van der Waals surface area (Å²) >= 11 is 1.66. The molecule has 2 N–H and O–H groups in total. The van der Waals surface area contributed by atoms with Crippen molar-refractivity contribution in [3.8, 4) is 0 Å². The van der Waals surface area contributed by atoms with E-state index in [-0.39, 0.29) is 6.04 Å². The molecular weight excluding hydrogens is 222 g/mol. The summed E-state index contributed by atoms with van der Waals surface area (Å²) in [7, 11) is 0. The third kappa shape index (κ3) is 2.48. The lowest BCUT2D eigenvalue weighted by Crippen LogP contribution is -2.18. The number of nitrogens with two attached hydrogens (primary N) is 1. The van der Waals surface area contributed by atoms with Crippen LogP contribution >= 0.6 is 11.3 Å². The SMILES string of the molecule is CC(C)C(N)c1noc(Cc2ccsc2)n1. The van der Waals surface area contributed by atoms with E-state index in [0.717, 1.165) is 0 Å². The van der Waals surface area contributed by atoms with E-state index in [1.807, 2.05) is 19.2 Å². The predicted octanol–water partition coefficient (Wildman–Crippen LogP) is 2.38. The minimum absolute atomic E-state index is 0.153. The van der Waals surface area contributed by atoms with Crippen molar-refractivity contribution in [2.24, 2.45) is 11.7 Å². The van der Waals surface area contributed by atoms with Gasteiger partial charge in [-0.25, -0.2) is 0 Å². The summed E-state index contributed by atoms with van der Waals surface area (Å²) in [4.78, 5) is 4.31. The van der Waals surface area contributed by atoms with Crippen molar-refractivity contribution in [1.82, 2.24) is 10.1 Å². The molecule has 0 aromatic carbocycles. The van der Waals surface area contributed by atoms with Gasteiger partial charge in [0.05, 0.1) is 12.5 Å². The molecule has 0 bridgehead atoms. The molecule has 0 spiro atoms. The normalized spacial score (nSPS) is 13.2. The van der Waals surface area contributed by atoms with Crippen LogP contribution in [0.25, 0.3) is 0 Å². The first-order valence-corrected chi connectivity index (χ1v) is 6.20. The molecule has 0 radical (unpaired) electrons. The molecule has 0 aliphatic carbocycles. The van der Waals surface area contributed by atoms with Gasteiger partial charge in [-0.1, -0.05) is 19.0 Å². The standard InChI is InChI=1S/C11H15N3OS/c1-7(2)10(12)11-13-9(15-14-11)5-8-3-4-16-6-8/h3-4,6-7,10H,5,12H2,1-2H3. The van der Waals surface area contributed by atoms with Crippen LogP contribution < -0.4 is 5.73 Å². The summed E-state index contributed by atoms with van der Waals surface area (Å²) in [6.45, 7) is 4.08. The number of hydrogen-bond acceptors (Lipinski definition) is 5. The first-order valence-electron chi connectivity index (χ1n) is 5.26. The Kier molecular flexibility index (Phi) is 3.36. The molecule has 1 atom stereocenters. The van der Waals surface area contributed by atoms with Gasteiger partial charge in [-0.2, -0.15) is 16.3 Å². The van der Waals surface area contributed by atoms with E-state index in [0.29, 0.717) is 24.1 Å². The zero-order chi connectivity index (χ0) is 11.5. The van der Waals surface area contributed by atoms with Crippen molar-refractivity contribution in [2.75, 3.05) is 0 Å². The van der Waals surface area contributed by atoms with Crippen LogP contribution in [0.4, 0.5) is 0 Å². The molecule has 0 saturated heterocycles. The van der Waals surface area contributed by atoms with E-state index in [1.165, 1.54) is 5.56 Å². The molecule has 2 rings (SSSR count).